The van der Waals surface area contributed by atoms with Gasteiger partial charge >= 0.3 is 294 Å². The van der Waals surface area contributed by atoms with Crippen molar-refractivity contribution in [3.63, 3.8) is 0 Å². The van der Waals surface area contributed by atoms with Gasteiger partial charge in [-0.2, -0.15) is 0 Å². The van der Waals surface area contributed by atoms with Crippen molar-refractivity contribution in [2.45, 2.75) is 0 Å². The van der Waals surface area contributed by atoms with E-state index in [0.29, 0.717) is 0 Å². The molecule has 0 aliphatic carbocycles. The zero-order chi connectivity index (χ0) is 31.4. The van der Waals surface area contributed by atoms with Crippen molar-refractivity contribution in [3.05, 3.63) is 194 Å². The van der Waals surface area contributed by atoms with Gasteiger partial charge in [0.15, 0.2) is 0 Å². The quantitative estimate of drug-likeness (QED) is 0.140. The van der Waals surface area contributed by atoms with Crippen molar-refractivity contribution in [2.75, 3.05) is 0 Å². The Morgan fingerprint density at radius 1 is 0.319 bits per heavy atom. The number of para-hydroxylation sites is 4. The molecule has 1 aliphatic heterocycles. The average molecular weight is 820 g/mol. The van der Waals surface area contributed by atoms with Crippen LogP contribution in [-0.4, -0.2) is 46.4 Å². The van der Waals surface area contributed by atoms with E-state index in [2.05, 4.69) is 209 Å². The second-order valence-electron chi connectivity index (χ2n) is 11.3. The molecule has 0 radical (unpaired) electrons. The predicted molar refractivity (Wildman–Crippen MR) is 202 cm³/mol. The molecule has 7 aromatic rings. The number of hydrogen-bond acceptors (Lipinski definition) is 0. The molecule has 2 nitrogen and oxygen atoms in total. The first-order chi connectivity index (χ1) is 23.4. The van der Waals surface area contributed by atoms with E-state index in [1.165, 1.54) is 26.7 Å². The van der Waals surface area contributed by atoms with Crippen molar-refractivity contribution < 1.29 is 0 Å². The minimum atomic E-state index is -2.57. The maximum atomic E-state index is 3.91. The maximum absolute atomic E-state index is 3.91. The van der Waals surface area contributed by atoms with E-state index < -0.39 is 40.4 Å². The topological polar surface area (TPSA) is 6.02 Å². The zero-order valence-electron chi connectivity index (χ0n) is 25.8. The number of fused-ring (bicyclic) bond motifs is 1. The molecule has 0 saturated carbocycles. The van der Waals surface area contributed by atoms with Gasteiger partial charge in [-0.1, -0.05) is 0 Å². The monoisotopic (exact) mass is 818 g/mol. The third kappa shape index (κ3) is 5.95. The van der Waals surface area contributed by atoms with Crippen LogP contribution >= 0.6 is 0 Å². The van der Waals surface area contributed by atoms with Crippen LogP contribution in [0.3, 0.4) is 0 Å². The second-order valence-corrected chi connectivity index (χ2v) is 23.7. The van der Waals surface area contributed by atoms with Crippen molar-refractivity contribution in [2.24, 2.45) is 0 Å². The molecule has 0 spiro atoms. The van der Waals surface area contributed by atoms with E-state index in [0.717, 1.165) is 17.1 Å². The minimum absolute atomic E-state index is 1.11. The molecule has 8 rings (SSSR count). The van der Waals surface area contributed by atoms with Crippen LogP contribution in [0, 0.1) is 0 Å². The van der Waals surface area contributed by atoms with Crippen molar-refractivity contribution in [1.82, 2.24) is 9.15 Å². The predicted octanol–water partition coefficient (Wildman–Crippen LogP) is 5.58. The molecule has 0 amide bonds. The third-order valence-corrected chi connectivity index (χ3v) is 22.4. The molecule has 0 aromatic heterocycles. The summed E-state index contributed by atoms with van der Waals surface area (Å²) >= 11 is -5.14. The van der Waals surface area contributed by atoms with Gasteiger partial charge in [0.2, 0.25) is 0 Å². The van der Waals surface area contributed by atoms with Crippen LogP contribution < -0.4 is 30.2 Å². The molecule has 0 atom stereocenters. The second kappa shape index (κ2) is 13.7. The van der Waals surface area contributed by atoms with Crippen molar-refractivity contribution in [3.8, 4) is 0 Å². The van der Waals surface area contributed by atoms with Crippen LogP contribution in [0.2, 0.25) is 0 Å². The van der Waals surface area contributed by atoms with Gasteiger partial charge in [-0.3, -0.25) is 0 Å². The number of hydrogen-bond donors (Lipinski definition) is 0. The summed E-state index contributed by atoms with van der Waals surface area (Å²) in [4.78, 5) is 0. The fourth-order valence-corrected chi connectivity index (χ4v) is 21.1. The van der Waals surface area contributed by atoms with Gasteiger partial charge in [0.1, 0.15) is 0 Å². The van der Waals surface area contributed by atoms with E-state index in [-0.39, 0.29) is 0 Å². The van der Waals surface area contributed by atoms with Crippen molar-refractivity contribution in [1.29, 1.82) is 0 Å². The summed E-state index contributed by atoms with van der Waals surface area (Å²) in [5.41, 5.74) is 4.72. The summed E-state index contributed by atoms with van der Waals surface area (Å²) in [6.07, 6.45) is 0. The molecular weight excluding hydrogens is 788 g/mol. The molecule has 4 heteroatoms. The number of rotatable bonds is 8. The Morgan fingerprint density at radius 3 is 1.06 bits per heavy atom. The van der Waals surface area contributed by atoms with E-state index in [1.54, 1.807) is 0 Å². The molecular formula is C43H32N2Sb2+2. The van der Waals surface area contributed by atoms with Gasteiger partial charge in [-0.25, -0.2) is 0 Å². The van der Waals surface area contributed by atoms with Crippen LogP contribution in [0.1, 0.15) is 0 Å². The fraction of sp³-hybridized carbons (Fsp3) is 0. The standard InChI is InChI=1S/C19H12N2.4C6H5.2Sb/c1-3-9-16(10-4-1)20-15-21(17-11-5-2-6-12-17)19-14-8-7-13-18(19)20;4*1-2-4-6-5-3-1;;/h1-10,13-14H;4*1-5H;;/q+2;;;;;;. The van der Waals surface area contributed by atoms with Gasteiger partial charge in [-0.05, 0) is 0 Å². The van der Waals surface area contributed by atoms with Gasteiger partial charge in [-0.15, -0.1) is 0 Å². The molecule has 0 unspecified atom stereocenters. The normalized spacial score (nSPS) is 12.1. The Hall–Kier alpha value is -4.44. The fourth-order valence-electron chi connectivity index (χ4n) is 6.27. The summed E-state index contributed by atoms with van der Waals surface area (Å²) in [5, 5.41) is 0. The SMILES string of the molecule is C1=[N+](c2ccccc2)c2ccccc2[N+]=1c1[c]([Sb]([c]2ccccc2)[c]2ccccc2)ccc[c]1[Sb]([c]1ccccc1)[c]1ccccc1. The Bertz CT molecular complexity index is 2030. The Morgan fingerprint density at radius 2 is 0.660 bits per heavy atom. The molecule has 1 aliphatic rings. The van der Waals surface area contributed by atoms with Crippen LogP contribution in [0.25, 0.3) is 0 Å². The van der Waals surface area contributed by atoms with Gasteiger partial charge in [0, 0.05) is 0 Å². The van der Waals surface area contributed by atoms with E-state index >= 15 is 0 Å². The summed E-state index contributed by atoms with van der Waals surface area (Å²) < 4.78 is 13.4. The Kier molecular flexibility index (Phi) is 8.74. The summed E-state index contributed by atoms with van der Waals surface area (Å²) in [7, 11) is 0. The van der Waals surface area contributed by atoms with E-state index in [4.69, 9.17) is 0 Å². The van der Waals surface area contributed by atoms with Gasteiger partial charge < -0.3 is 0 Å². The summed E-state index contributed by atoms with van der Waals surface area (Å²) in [6, 6.07) is 75.4. The van der Waals surface area contributed by atoms with Gasteiger partial charge in [0.05, 0.1) is 0 Å². The molecule has 0 N–H and O–H groups in total. The molecule has 222 valence electrons. The number of benzene rings is 7. The molecule has 0 bridgehead atoms. The molecule has 0 saturated heterocycles. The number of nitrogens with zero attached hydrogens (tertiary/aromatic N) is 2. The zero-order valence-corrected chi connectivity index (χ0v) is 30.9. The third-order valence-electron chi connectivity index (χ3n) is 8.33. The van der Waals surface area contributed by atoms with Crippen LogP contribution in [0.5, 0.6) is 0 Å². The van der Waals surface area contributed by atoms with E-state index in [1.807, 2.05) is 0 Å². The van der Waals surface area contributed by atoms with Crippen molar-refractivity contribution >= 4 is 90.2 Å². The molecule has 0 fully saturated rings. The van der Waals surface area contributed by atoms with Crippen LogP contribution in [-0.2, 0) is 0 Å². The first-order valence-corrected chi connectivity index (χ1v) is 23.5. The molecule has 7 aromatic carbocycles. The summed E-state index contributed by atoms with van der Waals surface area (Å²) in [5.74, 6) is 0. The Labute approximate surface area is 291 Å². The first-order valence-electron chi connectivity index (χ1n) is 15.8. The van der Waals surface area contributed by atoms with E-state index in [9.17, 15) is 0 Å². The summed E-state index contributed by atoms with van der Waals surface area (Å²) in [6.45, 7) is 0. The first kappa shape index (κ1) is 29.9. The van der Waals surface area contributed by atoms with Gasteiger partial charge in [0.25, 0.3) is 0 Å². The average Bonchev–Trinajstić information content (AvgIpc) is 3.54. The molecule has 1 heterocycles. The Balaban J connectivity index is 1.49. The van der Waals surface area contributed by atoms with Crippen LogP contribution in [0.4, 0.5) is 22.7 Å². The molecule has 47 heavy (non-hydrogen) atoms. The van der Waals surface area contributed by atoms with Crippen LogP contribution in [0.15, 0.2) is 194 Å².